The number of ether oxygens (including phenoxy) is 1. The molecule has 3 aromatic heterocycles. The second-order valence-electron chi connectivity index (χ2n) is 5.75. The first-order valence-corrected chi connectivity index (χ1v) is 9.53. The molecule has 4 rings (SSSR count). The Kier molecular flexibility index (Phi) is 5.24. The number of hydrogen-bond acceptors (Lipinski definition) is 6. The summed E-state index contributed by atoms with van der Waals surface area (Å²) >= 11 is 7.65. The van der Waals surface area contributed by atoms with Crippen LogP contribution in [0.1, 0.15) is 0 Å². The van der Waals surface area contributed by atoms with E-state index in [4.69, 9.17) is 16.3 Å². The highest BCUT2D eigenvalue weighted by Crippen LogP contribution is 2.33. The first-order valence-electron chi connectivity index (χ1n) is 8.33. The van der Waals surface area contributed by atoms with Crippen molar-refractivity contribution in [2.24, 2.45) is 0 Å². The van der Waals surface area contributed by atoms with Crippen LogP contribution in [0.15, 0.2) is 36.8 Å². The lowest BCUT2D eigenvalue weighted by Crippen LogP contribution is -2.31. The van der Waals surface area contributed by atoms with Gasteiger partial charge in [-0.2, -0.15) is 5.10 Å². The van der Waals surface area contributed by atoms with Crippen molar-refractivity contribution in [3.63, 3.8) is 0 Å². The Balaban J connectivity index is 1.63. The van der Waals surface area contributed by atoms with E-state index in [1.165, 1.54) is 11.3 Å². The molecule has 0 unspecified atom stereocenters. The van der Waals surface area contributed by atoms with Crippen LogP contribution in [0, 0.1) is 0 Å². The average Bonchev–Trinajstić information content (AvgIpc) is 3.38. The van der Waals surface area contributed by atoms with E-state index >= 15 is 0 Å². The van der Waals surface area contributed by atoms with Gasteiger partial charge in [-0.25, -0.2) is 14.8 Å². The summed E-state index contributed by atoms with van der Waals surface area (Å²) in [6.07, 6.45) is 3.39. The third kappa shape index (κ3) is 3.57. The maximum Gasteiger partial charge on any atom is 0.321 e. The fourth-order valence-electron chi connectivity index (χ4n) is 2.66. The Labute approximate surface area is 168 Å². The van der Waals surface area contributed by atoms with Crippen LogP contribution in [-0.4, -0.2) is 51.0 Å². The minimum absolute atomic E-state index is 0.345. The fraction of sp³-hybridized carbons (Fsp3) is 0.176. The van der Waals surface area contributed by atoms with Crippen LogP contribution in [0.4, 0.5) is 9.93 Å². The number of imidazole rings is 1. The minimum atomic E-state index is -0.345. The molecule has 0 saturated heterocycles. The molecule has 28 heavy (non-hydrogen) atoms. The van der Waals surface area contributed by atoms with Crippen LogP contribution < -0.4 is 10.6 Å². The van der Waals surface area contributed by atoms with Crippen molar-refractivity contribution in [3.05, 3.63) is 41.8 Å². The number of thiazole rings is 1. The number of fused-ring (bicyclic) bond motifs is 1. The number of nitrogens with zero attached hydrogens (tertiary/aromatic N) is 4. The van der Waals surface area contributed by atoms with Crippen LogP contribution in [0.2, 0.25) is 5.02 Å². The number of H-pyrrole nitrogens is 1. The monoisotopic (exact) mass is 417 g/mol. The Hall–Kier alpha value is -2.95. The van der Waals surface area contributed by atoms with E-state index in [2.05, 4.69) is 30.8 Å². The number of anilines is 1. The molecule has 4 aromatic rings. The lowest BCUT2D eigenvalue weighted by atomic mass is 10.1. The van der Waals surface area contributed by atoms with Gasteiger partial charge in [-0.1, -0.05) is 41.1 Å². The van der Waals surface area contributed by atoms with Gasteiger partial charge >= 0.3 is 6.03 Å². The number of halogens is 1. The van der Waals surface area contributed by atoms with Gasteiger partial charge in [0.15, 0.2) is 16.6 Å². The van der Waals surface area contributed by atoms with Gasteiger partial charge < -0.3 is 10.1 Å². The maximum absolute atomic E-state index is 11.9. The molecule has 0 radical (unpaired) electrons. The summed E-state index contributed by atoms with van der Waals surface area (Å²) in [6.45, 7) is 0.847. The number of rotatable bonds is 6. The van der Waals surface area contributed by atoms with Gasteiger partial charge in [0.2, 0.25) is 0 Å². The Morgan fingerprint density at radius 1 is 1.39 bits per heavy atom. The molecule has 0 aliphatic carbocycles. The number of aromatic nitrogens is 5. The number of carbonyl (C=O) groups excluding carboxylic acids is 1. The highest BCUT2D eigenvalue weighted by molar-refractivity contribution is 7.22. The van der Waals surface area contributed by atoms with Crippen LogP contribution >= 0.6 is 22.9 Å². The Bertz CT molecular complexity index is 1120. The first kappa shape index (κ1) is 18.4. The molecule has 11 heteroatoms. The van der Waals surface area contributed by atoms with Gasteiger partial charge in [-0.15, -0.1) is 0 Å². The van der Waals surface area contributed by atoms with Crippen molar-refractivity contribution >= 4 is 44.4 Å². The lowest BCUT2D eigenvalue weighted by molar-refractivity contribution is 0.198. The van der Waals surface area contributed by atoms with Crippen LogP contribution in [0.5, 0.6) is 0 Å². The van der Waals surface area contributed by atoms with E-state index in [9.17, 15) is 4.79 Å². The van der Waals surface area contributed by atoms with Crippen molar-refractivity contribution in [3.8, 4) is 17.1 Å². The summed E-state index contributed by atoms with van der Waals surface area (Å²) in [5.41, 5.74) is 2.23. The highest BCUT2D eigenvalue weighted by Gasteiger charge is 2.18. The topological polar surface area (TPSA) is 110 Å². The van der Waals surface area contributed by atoms with Crippen molar-refractivity contribution in [1.82, 2.24) is 30.0 Å². The van der Waals surface area contributed by atoms with E-state index in [0.29, 0.717) is 34.8 Å². The molecule has 0 atom stereocenters. The van der Waals surface area contributed by atoms with Gasteiger partial charge in [0.05, 0.1) is 18.5 Å². The molecule has 0 aliphatic heterocycles. The van der Waals surface area contributed by atoms with E-state index in [-0.39, 0.29) is 6.03 Å². The number of methoxy groups -OCH3 is 1. The molecule has 9 nitrogen and oxygen atoms in total. The molecule has 0 fully saturated rings. The largest absolute Gasteiger partial charge is 0.383 e. The van der Waals surface area contributed by atoms with Gasteiger partial charge in [0.25, 0.3) is 0 Å². The van der Waals surface area contributed by atoms with Crippen molar-refractivity contribution < 1.29 is 9.53 Å². The van der Waals surface area contributed by atoms with Crippen LogP contribution in [0.3, 0.4) is 0 Å². The van der Waals surface area contributed by atoms with Crippen LogP contribution in [-0.2, 0) is 4.74 Å². The zero-order valence-corrected chi connectivity index (χ0v) is 16.3. The molecule has 3 N–H and O–H groups in total. The molecular weight excluding hydrogens is 402 g/mol. The molecule has 0 spiro atoms. The summed E-state index contributed by atoms with van der Waals surface area (Å²) in [6, 6.07) is 7.19. The number of nitrogens with one attached hydrogen (secondary N) is 3. The van der Waals surface area contributed by atoms with E-state index < -0.39 is 0 Å². The van der Waals surface area contributed by atoms with E-state index in [1.54, 1.807) is 19.6 Å². The van der Waals surface area contributed by atoms with Crippen molar-refractivity contribution in [2.75, 3.05) is 25.6 Å². The Morgan fingerprint density at radius 3 is 3.07 bits per heavy atom. The summed E-state index contributed by atoms with van der Waals surface area (Å²) in [4.78, 5) is 20.5. The number of hydrogen-bond donors (Lipinski definition) is 3. The third-order valence-corrected chi connectivity index (χ3v) is 5.22. The molecule has 1 aromatic carbocycles. The normalized spacial score (nSPS) is 11.1. The zero-order chi connectivity index (χ0) is 19.5. The number of amides is 2. The molecule has 0 aliphatic rings. The third-order valence-electron chi connectivity index (χ3n) is 3.93. The molecule has 144 valence electrons. The van der Waals surface area contributed by atoms with Gasteiger partial charge in [-0.05, 0) is 6.07 Å². The van der Waals surface area contributed by atoms with Gasteiger partial charge in [0.1, 0.15) is 11.0 Å². The number of benzene rings is 1. The second-order valence-corrected chi connectivity index (χ2v) is 7.15. The molecule has 0 bridgehead atoms. The Morgan fingerprint density at radius 2 is 2.25 bits per heavy atom. The predicted molar refractivity (Wildman–Crippen MR) is 108 cm³/mol. The van der Waals surface area contributed by atoms with E-state index in [0.717, 1.165) is 16.0 Å². The summed E-state index contributed by atoms with van der Waals surface area (Å²) in [5.74, 6) is 0.632. The summed E-state index contributed by atoms with van der Waals surface area (Å²) in [7, 11) is 1.57. The number of carbonyl (C=O) groups is 1. The minimum Gasteiger partial charge on any atom is -0.383 e. The quantitative estimate of drug-likeness (QED) is 0.417. The molecule has 3 heterocycles. The SMILES string of the molecule is COCCNC(=O)Nc1nc2[nH]nc(-n3cncc3-c3ccccc3Cl)c2s1. The average molecular weight is 418 g/mol. The molecule has 0 saturated carbocycles. The first-order chi connectivity index (χ1) is 13.7. The number of urea groups is 1. The zero-order valence-electron chi connectivity index (χ0n) is 14.8. The van der Waals surface area contributed by atoms with Crippen molar-refractivity contribution in [1.29, 1.82) is 0 Å². The van der Waals surface area contributed by atoms with Gasteiger partial charge in [-0.3, -0.25) is 15.0 Å². The molecule has 2 amide bonds. The fourth-order valence-corrected chi connectivity index (χ4v) is 3.79. The summed E-state index contributed by atoms with van der Waals surface area (Å²) < 4.78 is 7.53. The van der Waals surface area contributed by atoms with Gasteiger partial charge in [0, 0.05) is 24.2 Å². The maximum atomic E-state index is 11.9. The number of aromatic amines is 1. The standard InChI is InChI=1S/C17H16ClN7O2S/c1-27-7-6-20-16(26)22-17-21-14-13(28-17)15(24-23-14)25-9-19-8-12(25)10-4-2-3-5-11(10)18/h2-5,8-9H,6-7H2,1H3,(H3,20,21,22,23,24,26). The predicted octanol–water partition coefficient (Wildman–Crippen LogP) is 3.29. The molecular formula is C17H16ClN7O2S. The van der Waals surface area contributed by atoms with E-state index in [1.807, 2.05) is 28.8 Å². The van der Waals surface area contributed by atoms with Crippen LogP contribution in [0.25, 0.3) is 27.4 Å². The smallest absolute Gasteiger partial charge is 0.321 e. The second kappa shape index (κ2) is 7.97. The van der Waals surface area contributed by atoms with Crippen molar-refractivity contribution in [2.45, 2.75) is 0 Å². The summed E-state index contributed by atoms with van der Waals surface area (Å²) in [5, 5.41) is 13.7. The lowest BCUT2D eigenvalue weighted by Gasteiger charge is -2.07. The highest BCUT2D eigenvalue weighted by atomic mass is 35.5.